The molecule has 2 heterocycles. The molecule has 0 saturated heterocycles. The molecular formula is C23H26N4O. The zero-order valence-electron chi connectivity index (χ0n) is 16.6. The van der Waals surface area contributed by atoms with Crippen molar-refractivity contribution in [1.29, 1.82) is 0 Å². The number of hydrogen-bond acceptors (Lipinski definition) is 4. The molecule has 0 saturated carbocycles. The molecule has 5 nitrogen and oxygen atoms in total. The monoisotopic (exact) mass is 374 g/mol. The average Bonchev–Trinajstić information content (AvgIpc) is 3.10. The van der Waals surface area contributed by atoms with Gasteiger partial charge in [-0.15, -0.1) is 16.8 Å². The highest BCUT2D eigenvalue weighted by Crippen LogP contribution is 2.18. The standard InChI is InChI=1S/C23H26N4O/c1-4-13-27-22(25-26-23(27)20-7-6-12-24-16-20)11-10-21(28)15-18-8-9-19(5-2)17(3)14-18/h4,6-9,12,14,16H,1,5,10-11,13,15H2,2-3H3. The first kappa shape index (κ1) is 19.7. The largest absolute Gasteiger partial charge is 0.307 e. The SMILES string of the molecule is C=CCn1c(CCC(=O)Cc2ccc(CC)c(C)c2)nnc1-c1cccnc1. The van der Waals surface area contributed by atoms with Gasteiger partial charge in [0, 0.05) is 43.8 Å². The molecule has 1 aromatic carbocycles. The highest BCUT2D eigenvalue weighted by molar-refractivity contribution is 5.81. The molecule has 0 aliphatic carbocycles. The summed E-state index contributed by atoms with van der Waals surface area (Å²) in [6.07, 6.45) is 7.77. The van der Waals surface area contributed by atoms with Crippen LogP contribution in [0.25, 0.3) is 11.4 Å². The Morgan fingerprint density at radius 3 is 2.79 bits per heavy atom. The van der Waals surface area contributed by atoms with Crippen LogP contribution in [-0.2, 0) is 30.6 Å². The summed E-state index contributed by atoms with van der Waals surface area (Å²) < 4.78 is 2.00. The lowest BCUT2D eigenvalue weighted by atomic mass is 9.99. The fourth-order valence-corrected chi connectivity index (χ4v) is 3.38. The Bertz CT molecular complexity index is 960. The van der Waals surface area contributed by atoms with Crippen molar-refractivity contribution < 1.29 is 4.79 Å². The Morgan fingerprint density at radius 2 is 2.11 bits per heavy atom. The number of Topliss-reactive ketones (excluding diaryl/α,β-unsaturated/α-hetero) is 1. The molecule has 0 fully saturated rings. The highest BCUT2D eigenvalue weighted by atomic mass is 16.1. The normalized spacial score (nSPS) is 10.8. The smallest absolute Gasteiger partial charge is 0.165 e. The van der Waals surface area contributed by atoms with Gasteiger partial charge in [0.25, 0.3) is 0 Å². The molecule has 0 bridgehead atoms. The zero-order valence-corrected chi connectivity index (χ0v) is 16.6. The van der Waals surface area contributed by atoms with E-state index >= 15 is 0 Å². The summed E-state index contributed by atoms with van der Waals surface area (Å²) in [5.74, 6) is 1.76. The molecule has 2 aromatic heterocycles. The number of carbonyl (C=O) groups is 1. The summed E-state index contributed by atoms with van der Waals surface area (Å²) in [6, 6.07) is 10.1. The van der Waals surface area contributed by atoms with Crippen LogP contribution in [0.5, 0.6) is 0 Å². The first-order chi connectivity index (χ1) is 13.6. The summed E-state index contributed by atoms with van der Waals surface area (Å²) in [5, 5.41) is 8.62. The average molecular weight is 374 g/mol. The molecule has 3 aromatic rings. The van der Waals surface area contributed by atoms with Crippen LogP contribution < -0.4 is 0 Å². The Kier molecular flexibility index (Phi) is 6.48. The minimum Gasteiger partial charge on any atom is -0.307 e. The maximum atomic E-state index is 12.5. The van der Waals surface area contributed by atoms with E-state index in [1.807, 2.05) is 22.8 Å². The van der Waals surface area contributed by atoms with Crippen LogP contribution in [0.2, 0.25) is 0 Å². The third kappa shape index (κ3) is 4.60. The lowest BCUT2D eigenvalue weighted by Crippen LogP contribution is -2.09. The van der Waals surface area contributed by atoms with Crippen molar-refractivity contribution in [1.82, 2.24) is 19.7 Å². The first-order valence-corrected chi connectivity index (χ1v) is 9.65. The van der Waals surface area contributed by atoms with Gasteiger partial charge in [0.2, 0.25) is 0 Å². The predicted molar refractivity (Wildman–Crippen MR) is 111 cm³/mol. The number of nitrogens with zero attached hydrogens (tertiary/aromatic N) is 4. The van der Waals surface area contributed by atoms with Gasteiger partial charge in [-0.25, -0.2) is 0 Å². The van der Waals surface area contributed by atoms with Crippen molar-refractivity contribution in [2.75, 3.05) is 0 Å². The molecule has 0 atom stereocenters. The predicted octanol–water partition coefficient (Wildman–Crippen LogP) is 4.14. The highest BCUT2D eigenvalue weighted by Gasteiger charge is 2.14. The van der Waals surface area contributed by atoms with Crippen molar-refractivity contribution in [2.24, 2.45) is 0 Å². The second-order valence-electron chi connectivity index (χ2n) is 6.91. The van der Waals surface area contributed by atoms with E-state index in [1.165, 1.54) is 11.1 Å². The number of benzene rings is 1. The van der Waals surface area contributed by atoms with Gasteiger partial charge in [0.15, 0.2) is 5.82 Å². The van der Waals surface area contributed by atoms with E-state index in [0.29, 0.717) is 25.8 Å². The number of allylic oxidation sites excluding steroid dienone is 1. The minimum atomic E-state index is 0.208. The zero-order chi connectivity index (χ0) is 19.9. The number of aromatic nitrogens is 4. The summed E-state index contributed by atoms with van der Waals surface area (Å²) in [4.78, 5) is 16.7. The van der Waals surface area contributed by atoms with Gasteiger partial charge in [0.1, 0.15) is 11.6 Å². The van der Waals surface area contributed by atoms with Gasteiger partial charge in [-0.05, 0) is 42.2 Å². The van der Waals surface area contributed by atoms with Gasteiger partial charge >= 0.3 is 0 Å². The molecule has 28 heavy (non-hydrogen) atoms. The third-order valence-corrected chi connectivity index (χ3v) is 4.88. The van der Waals surface area contributed by atoms with E-state index in [2.05, 4.69) is 53.8 Å². The molecular weight excluding hydrogens is 348 g/mol. The van der Waals surface area contributed by atoms with E-state index in [4.69, 9.17) is 0 Å². The Balaban J connectivity index is 1.68. The third-order valence-electron chi connectivity index (χ3n) is 4.88. The van der Waals surface area contributed by atoms with Crippen LogP contribution in [0.1, 0.15) is 35.9 Å². The number of pyridine rings is 1. The van der Waals surface area contributed by atoms with Gasteiger partial charge in [0.05, 0.1) is 0 Å². The van der Waals surface area contributed by atoms with E-state index in [1.54, 1.807) is 12.4 Å². The number of aryl methyl sites for hydroxylation is 3. The molecule has 3 rings (SSSR count). The summed E-state index contributed by atoms with van der Waals surface area (Å²) in [6.45, 7) is 8.67. The number of rotatable bonds is 9. The van der Waals surface area contributed by atoms with Crippen LogP contribution in [0, 0.1) is 6.92 Å². The quantitative estimate of drug-likeness (QED) is 0.528. The fourth-order valence-electron chi connectivity index (χ4n) is 3.38. The molecule has 5 heteroatoms. The molecule has 0 radical (unpaired) electrons. The lowest BCUT2D eigenvalue weighted by molar-refractivity contribution is -0.118. The topological polar surface area (TPSA) is 60.7 Å². The van der Waals surface area contributed by atoms with E-state index in [9.17, 15) is 4.79 Å². The summed E-state index contributed by atoms with van der Waals surface area (Å²) in [7, 11) is 0. The Hall–Kier alpha value is -3.08. The van der Waals surface area contributed by atoms with Gasteiger partial charge in [-0.3, -0.25) is 9.78 Å². The molecule has 0 aliphatic rings. The van der Waals surface area contributed by atoms with Crippen LogP contribution >= 0.6 is 0 Å². The van der Waals surface area contributed by atoms with E-state index < -0.39 is 0 Å². The van der Waals surface area contributed by atoms with Crippen LogP contribution in [0.15, 0.2) is 55.4 Å². The fraction of sp³-hybridized carbons (Fsp3) is 0.304. The Labute approximate surface area is 166 Å². The summed E-state index contributed by atoms with van der Waals surface area (Å²) >= 11 is 0. The molecule has 0 aliphatic heterocycles. The van der Waals surface area contributed by atoms with Crippen LogP contribution in [0.3, 0.4) is 0 Å². The molecule has 0 N–H and O–H groups in total. The van der Waals surface area contributed by atoms with Gasteiger partial charge < -0.3 is 4.57 Å². The molecule has 144 valence electrons. The van der Waals surface area contributed by atoms with Gasteiger partial charge in [-0.2, -0.15) is 0 Å². The second-order valence-corrected chi connectivity index (χ2v) is 6.91. The van der Waals surface area contributed by atoms with Crippen molar-refractivity contribution in [2.45, 2.75) is 46.1 Å². The van der Waals surface area contributed by atoms with Crippen molar-refractivity contribution in [3.05, 3.63) is 77.9 Å². The van der Waals surface area contributed by atoms with Crippen LogP contribution in [-0.4, -0.2) is 25.5 Å². The number of ketones is 1. The maximum absolute atomic E-state index is 12.5. The molecule has 0 spiro atoms. The number of hydrogen-bond donors (Lipinski definition) is 0. The summed E-state index contributed by atoms with van der Waals surface area (Å²) in [5.41, 5.74) is 4.56. The van der Waals surface area contributed by atoms with Crippen LogP contribution in [0.4, 0.5) is 0 Å². The second kappa shape index (κ2) is 9.22. The molecule has 0 amide bonds. The van der Waals surface area contributed by atoms with E-state index in [-0.39, 0.29) is 5.78 Å². The van der Waals surface area contributed by atoms with E-state index in [0.717, 1.165) is 29.2 Å². The molecule has 0 unspecified atom stereocenters. The minimum absolute atomic E-state index is 0.208. The first-order valence-electron chi connectivity index (χ1n) is 9.65. The van der Waals surface area contributed by atoms with Crippen molar-refractivity contribution >= 4 is 5.78 Å². The van der Waals surface area contributed by atoms with Gasteiger partial charge in [-0.1, -0.05) is 31.2 Å². The van der Waals surface area contributed by atoms with Crippen molar-refractivity contribution in [3.63, 3.8) is 0 Å². The lowest BCUT2D eigenvalue weighted by Gasteiger charge is -2.08. The number of carbonyl (C=O) groups excluding carboxylic acids is 1. The van der Waals surface area contributed by atoms with Crippen molar-refractivity contribution in [3.8, 4) is 11.4 Å². The Morgan fingerprint density at radius 1 is 1.25 bits per heavy atom. The maximum Gasteiger partial charge on any atom is 0.165 e.